The molecule has 0 amide bonds. The first kappa shape index (κ1) is 15.3. The maximum absolute atomic E-state index is 13.7. The summed E-state index contributed by atoms with van der Waals surface area (Å²) in [4.78, 5) is 0. The molecule has 2 aromatic carbocycles. The lowest BCUT2D eigenvalue weighted by molar-refractivity contribution is 0.414. The van der Waals surface area contributed by atoms with E-state index in [0.717, 1.165) is 11.1 Å². The van der Waals surface area contributed by atoms with Crippen LogP contribution in [0.3, 0.4) is 0 Å². The highest BCUT2D eigenvalue weighted by Gasteiger charge is 2.15. The van der Waals surface area contributed by atoms with Crippen LogP contribution in [0.1, 0.15) is 17.2 Å². The molecule has 0 aliphatic heterocycles. The number of hydrogen-bond acceptors (Lipinski definition) is 2. The summed E-state index contributed by atoms with van der Waals surface area (Å²) in [6, 6.07) is 10.5. The zero-order valence-electron chi connectivity index (χ0n) is 11.1. The Kier molecular flexibility index (Phi) is 5.02. The normalized spacial score (nSPS) is 12.2. The number of halogens is 3. The van der Waals surface area contributed by atoms with E-state index in [-0.39, 0.29) is 11.9 Å². The van der Waals surface area contributed by atoms with Crippen molar-refractivity contribution in [1.82, 2.24) is 5.32 Å². The maximum Gasteiger partial charge on any atom is 0.137 e. The zero-order valence-corrected chi connectivity index (χ0v) is 13.4. The van der Waals surface area contributed by atoms with Gasteiger partial charge in [0.2, 0.25) is 0 Å². The van der Waals surface area contributed by atoms with E-state index in [1.54, 1.807) is 19.2 Å². The maximum atomic E-state index is 13.7. The third-order valence-corrected chi connectivity index (χ3v) is 4.03. The predicted octanol–water partition coefficient (Wildman–Crippen LogP) is 4.56. The molecule has 2 rings (SSSR count). The van der Waals surface area contributed by atoms with Crippen molar-refractivity contribution >= 4 is 27.5 Å². The molecule has 0 saturated carbocycles. The number of nitrogens with one attached hydrogen (secondary N) is 1. The van der Waals surface area contributed by atoms with Crippen molar-refractivity contribution in [3.8, 4) is 5.75 Å². The van der Waals surface area contributed by atoms with Crippen molar-refractivity contribution in [2.75, 3.05) is 14.2 Å². The smallest absolute Gasteiger partial charge is 0.137 e. The van der Waals surface area contributed by atoms with Crippen molar-refractivity contribution in [3.63, 3.8) is 0 Å². The van der Waals surface area contributed by atoms with Crippen molar-refractivity contribution in [2.24, 2.45) is 0 Å². The Morgan fingerprint density at radius 2 is 1.85 bits per heavy atom. The largest absolute Gasteiger partial charge is 0.495 e. The zero-order chi connectivity index (χ0) is 14.7. The Morgan fingerprint density at radius 1 is 1.20 bits per heavy atom. The van der Waals surface area contributed by atoms with Crippen LogP contribution in [0.25, 0.3) is 0 Å². The van der Waals surface area contributed by atoms with E-state index in [0.29, 0.717) is 15.2 Å². The van der Waals surface area contributed by atoms with Crippen molar-refractivity contribution in [1.29, 1.82) is 0 Å². The first-order valence-electron chi connectivity index (χ1n) is 6.02. The lowest BCUT2D eigenvalue weighted by Gasteiger charge is -2.18. The van der Waals surface area contributed by atoms with Crippen LogP contribution in [0, 0.1) is 5.82 Å². The van der Waals surface area contributed by atoms with Crippen LogP contribution in [0.4, 0.5) is 4.39 Å². The Hall–Kier alpha value is -1.10. The second-order valence-electron chi connectivity index (χ2n) is 4.29. The van der Waals surface area contributed by atoms with Crippen molar-refractivity contribution in [2.45, 2.75) is 6.04 Å². The third kappa shape index (κ3) is 3.14. The summed E-state index contributed by atoms with van der Waals surface area (Å²) >= 11 is 9.18. The second kappa shape index (κ2) is 6.57. The molecule has 0 aliphatic carbocycles. The molecule has 0 aliphatic rings. The van der Waals surface area contributed by atoms with Crippen molar-refractivity contribution < 1.29 is 9.13 Å². The minimum Gasteiger partial charge on any atom is -0.495 e. The summed E-state index contributed by atoms with van der Waals surface area (Å²) in [7, 11) is 3.39. The monoisotopic (exact) mass is 357 g/mol. The molecule has 1 atom stereocenters. The molecule has 0 aromatic heterocycles. The Labute approximate surface area is 131 Å². The van der Waals surface area contributed by atoms with E-state index in [1.807, 2.05) is 25.2 Å². The minimum absolute atomic E-state index is 0.135. The van der Waals surface area contributed by atoms with Gasteiger partial charge in [0.15, 0.2) is 0 Å². The third-order valence-electron chi connectivity index (χ3n) is 3.07. The highest BCUT2D eigenvalue weighted by molar-refractivity contribution is 9.10. The van der Waals surface area contributed by atoms with Gasteiger partial charge in [0.25, 0.3) is 0 Å². The van der Waals surface area contributed by atoms with Gasteiger partial charge in [0.1, 0.15) is 11.6 Å². The van der Waals surface area contributed by atoms with E-state index >= 15 is 0 Å². The van der Waals surface area contributed by atoms with Gasteiger partial charge in [-0.1, -0.05) is 23.7 Å². The van der Waals surface area contributed by atoms with Gasteiger partial charge in [0.05, 0.1) is 22.6 Å². The van der Waals surface area contributed by atoms with Crippen LogP contribution in [0.15, 0.2) is 40.9 Å². The van der Waals surface area contributed by atoms with Gasteiger partial charge >= 0.3 is 0 Å². The first-order chi connectivity index (χ1) is 9.56. The molecular weight excluding hydrogens is 345 g/mol. The van der Waals surface area contributed by atoms with Gasteiger partial charge in [-0.3, -0.25) is 0 Å². The van der Waals surface area contributed by atoms with Crippen LogP contribution < -0.4 is 10.1 Å². The SMILES string of the molecule is CNC(c1ccc(Br)c(F)c1)c1ccc(Cl)c(OC)c1. The number of ether oxygens (including phenoxy) is 1. The average Bonchev–Trinajstić information content (AvgIpc) is 2.45. The minimum atomic E-state index is -0.288. The summed E-state index contributed by atoms with van der Waals surface area (Å²) in [5.74, 6) is 0.311. The number of benzene rings is 2. The first-order valence-corrected chi connectivity index (χ1v) is 7.19. The van der Waals surface area contributed by atoms with Crippen LogP contribution >= 0.6 is 27.5 Å². The number of methoxy groups -OCH3 is 1. The summed E-state index contributed by atoms with van der Waals surface area (Å²) in [5.41, 5.74) is 1.79. The summed E-state index contributed by atoms with van der Waals surface area (Å²) in [5, 5.41) is 3.72. The van der Waals surface area contributed by atoms with Gasteiger partial charge in [-0.05, 0) is 58.4 Å². The molecule has 2 nitrogen and oxygen atoms in total. The van der Waals surface area contributed by atoms with Crippen LogP contribution in [-0.2, 0) is 0 Å². The number of rotatable bonds is 4. The Morgan fingerprint density at radius 3 is 2.45 bits per heavy atom. The van der Waals surface area contributed by atoms with Crippen LogP contribution in [-0.4, -0.2) is 14.2 Å². The van der Waals surface area contributed by atoms with E-state index in [4.69, 9.17) is 16.3 Å². The Bertz CT molecular complexity index is 621. The molecule has 0 saturated heterocycles. The second-order valence-corrected chi connectivity index (χ2v) is 5.55. The molecular formula is C15H14BrClFNO. The van der Waals surface area contributed by atoms with Gasteiger partial charge < -0.3 is 10.1 Å². The molecule has 20 heavy (non-hydrogen) atoms. The molecule has 0 radical (unpaired) electrons. The van der Waals surface area contributed by atoms with Crippen molar-refractivity contribution in [3.05, 3.63) is 62.8 Å². The standard InChI is InChI=1S/C15H14BrClFNO/c1-19-15(9-3-5-11(16)13(18)7-9)10-4-6-12(17)14(8-10)20-2/h3-8,15,19H,1-2H3. The fraction of sp³-hybridized carbons (Fsp3) is 0.200. The highest BCUT2D eigenvalue weighted by Crippen LogP contribution is 2.31. The predicted molar refractivity (Wildman–Crippen MR) is 83.0 cm³/mol. The van der Waals surface area contributed by atoms with E-state index in [9.17, 15) is 4.39 Å². The molecule has 0 spiro atoms. The van der Waals surface area contributed by atoms with E-state index in [2.05, 4.69) is 21.2 Å². The molecule has 0 fully saturated rings. The Balaban J connectivity index is 2.43. The molecule has 0 heterocycles. The number of hydrogen-bond donors (Lipinski definition) is 1. The summed E-state index contributed by atoms with van der Waals surface area (Å²) in [6.45, 7) is 0. The molecule has 0 bridgehead atoms. The molecule has 106 valence electrons. The van der Waals surface area contributed by atoms with Crippen LogP contribution in [0.5, 0.6) is 5.75 Å². The molecule has 1 unspecified atom stereocenters. The van der Waals surface area contributed by atoms with Gasteiger partial charge in [-0.15, -0.1) is 0 Å². The van der Waals surface area contributed by atoms with Crippen LogP contribution in [0.2, 0.25) is 5.02 Å². The molecule has 2 aromatic rings. The fourth-order valence-corrected chi connectivity index (χ4v) is 2.51. The summed E-state index contributed by atoms with van der Waals surface area (Å²) < 4.78 is 19.3. The fourth-order valence-electron chi connectivity index (χ4n) is 2.07. The lowest BCUT2D eigenvalue weighted by atomic mass is 9.98. The van der Waals surface area contributed by atoms with Gasteiger partial charge in [-0.25, -0.2) is 4.39 Å². The molecule has 5 heteroatoms. The van der Waals surface area contributed by atoms with E-state index in [1.165, 1.54) is 6.07 Å². The average molecular weight is 359 g/mol. The van der Waals surface area contributed by atoms with Gasteiger partial charge in [0, 0.05) is 0 Å². The summed E-state index contributed by atoms with van der Waals surface area (Å²) in [6.07, 6.45) is 0. The topological polar surface area (TPSA) is 21.3 Å². The molecule has 1 N–H and O–H groups in total. The quantitative estimate of drug-likeness (QED) is 0.865. The highest BCUT2D eigenvalue weighted by atomic mass is 79.9. The van der Waals surface area contributed by atoms with E-state index < -0.39 is 0 Å². The lowest BCUT2D eigenvalue weighted by Crippen LogP contribution is -2.17. The van der Waals surface area contributed by atoms with Gasteiger partial charge in [-0.2, -0.15) is 0 Å².